The summed E-state index contributed by atoms with van der Waals surface area (Å²) in [5.41, 5.74) is 0.767. The van der Waals surface area contributed by atoms with E-state index >= 15 is 0 Å². The second kappa shape index (κ2) is 12.7. The Kier molecular flexibility index (Phi) is 9.32. The number of anilines is 1. The highest BCUT2D eigenvalue weighted by Crippen LogP contribution is 2.42. The average Bonchev–Trinajstić information content (AvgIpc) is 2.99. The van der Waals surface area contributed by atoms with Crippen LogP contribution in [0.5, 0.6) is 23.0 Å². The molecule has 41 heavy (non-hydrogen) atoms. The van der Waals surface area contributed by atoms with E-state index in [1.54, 1.807) is 24.3 Å². The molecule has 1 amide bonds. The maximum atomic E-state index is 14.0. The number of methoxy groups -OCH3 is 2. The van der Waals surface area contributed by atoms with Crippen LogP contribution in [0.2, 0.25) is 0 Å². The molecule has 1 atom stereocenters. The molecule has 220 valence electrons. The van der Waals surface area contributed by atoms with Crippen molar-refractivity contribution >= 4 is 21.6 Å². The van der Waals surface area contributed by atoms with Crippen LogP contribution >= 0.6 is 0 Å². The monoisotopic (exact) mass is 582 g/mol. The summed E-state index contributed by atoms with van der Waals surface area (Å²) in [4.78, 5) is 13.6. The summed E-state index contributed by atoms with van der Waals surface area (Å²) in [6.45, 7) is 6.04. The van der Waals surface area contributed by atoms with Crippen molar-refractivity contribution in [3.05, 3.63) is 72.3 Å². The standard InChI is InChI=1S/C31H38N2O7S/c1-6-31(7-2)20-26(25-11-9-10-12-27(25)40-31)32-30(34)21-33(22-13-15-23(16-14-22)39-8-3)41(35,36)24-17-18-28(37-4)29(19-24)38-5/h9-19,26H,6-8,20-21H2,1-5H3,(H,32,34)/t26-/m0/s1. The van der Waals surface area contributed by atoms with Crippen LogP contribution in [0.15, 0.2) is 71.6 Å². The van der Waals surface area contributed by atoms with Gasteiger partial charge in [0.2, 0.25) is 5.91 Å². The normalized spacial score (nSPS) is 15.7. The SMILES string of the molecule is CCOc1ccc(N(CC(=O)N[C@H]2CC(CC)(CC)Oc3ccccc32)S(=O)(=O)c2ccc(OC)c(OC)c2)cc1. The van der Waals surface area contributed by atoms with Crippen molar-refractivity contribution in [3.63, 3.8) is 0 Å². The van der Waals surface area contributed by atoms with Gasteiger partial charge < -0.3 is 24.3 Å². The first-order chi connectivity index (χ1) is 19.7. The summed E-state index contributed by atoms with van der Waals surface area (Å²) in [6.07, 6.45) is 2.13. The van der Waals surface area contributed by atoms with Gasteiger partial charge in [0.15, 0.2) is 11.5 Å². The fourth-order valence-electron chi connectivity index (χ4n) is 5.10. The van der Waals surface area contributed by atoms with Crippen molar-refractivity contribution in [2.45, 2.75) is 56.6 Å². The number of para-hydroxylation sites is 1. The molecule has 10 heteroatoms. The van der Waals surface area contributed by atoms with Crippen molar-refractivity contribution < 1.29 is 32.2 Å². The number of benzene rings is 3. The molecule has 0 aromatic heterocycles. The highest BCUT2D eigenvalue weighted by atomic mass is 32.2. The maximum absolute atomic E-state index is 14.0. The molecule has 0 saturated heterocycles. The third kappa shape index (κ3) is 6.37. The number of carbonyl (C=O) groups excluding carboxylic acids is 1. The Hall–Kier alpha value is -3.92. The minimum Gasteiger partial charge on any atom is -0.494 e. The van der Waals surface area contributed by atoms with Crippen LogP contribution < -0.4 is 28.6 Å². The molecule has 4 rings (SSSR count). The molecule has 1 aliphatic rings. The summed E-state index contributed by atoms with van der Waals surface area (Å²) in [7, 11) is -1.28. The molecule has 0 bridgehead atoms. The number of fused-ring (bicyclic) bond motifs is 1. The second-order valence-electron chi connectivity index (χ2n) is 9.81. The number of hydrogen-bond donors (Lipinski definition) is 1. The fraction of sp³-hybridized carbons (Fsp3) is 0.387. The fourth-order valence-corrected chi connectivity index (χ4v) is 6.53. The van der Waals surface area contributed by atoms with Crippen molar-refractivity contribution in [1.29, 1.82) is 0 Å². The summed E-state index contributed by atoms with van der Waals surface area (Å²) in [6, 6.07) is 18.3. The Labute approximate surface area is 242 Å². The molecule has 0 unspecified atom stereocenters. The Bertz CT molecular complexity index is 1450. The van der Waals surface area contributed by atoms with E-state index in [-0.39, 0.29) is 16.7 Å². The van der Waals surface area contributed by atoms with Crippen LogP contribution in [0.1, 0.15) is 51.6 Å². The summed E-state index contributed by atoms with van der Waals surface area (Å²) in [5, 5.41) is 3.10. The van der Waals surface area contributed by atoms with Crippen LogP contribution in [0.25, 0.3) is 0 Å². The first-order valence-corrected chi connectivity index (χ1v) is 15.2. The Morgan fingerprint density at radius 3 is 2.29 bits per heavy atom. The van der Waals surface area contributed by atoms with E-state index in [1.807, 2.05) is 31.2 Å². The zero-order valence-electron chi connectivity index (χ0n) is 24.2. The lowest BCUT2D eigenvalue weighted by Gasteiger charge is -2.41. The largest absolute Gasteiger partial charge is 0.494 e. The van der Waals surface area contributed by atoms with Crippen LogP contribution in [0.3, 0.4) is 0 Å². The van der Waals surface area contributed by atoms with Gasteiger partial charge in [0.05, 0.1) is 37.5 Å². The van der Waals surface area contributed by atoms with Crippen molar-refractivity contribution in [3.8, 4) is 23.0 Å². The predicted molar refractivity (Wildman–Crippen MR) is 158 cm³/mol. The number of amides is 1. The smallest absolute Gasteiger partial charge is 0.264 e. The van der Waals surface area contributed by atoms with E-state index in [4.69, 9.17) is 18.9 Å². The molecule has 3 aromatic rings. The number of nitrogens with one attached hydrogen (secondary N) is 1. The molecule has 0 spiro atoms. The first kappa shape index (κ1) is 30.0. The highest BCUT2D eigenvalue weighted by Gasteiger charge is 2.39. The third-order valence-electron chi connectivity index (χ3n) is 7.49. The molecule has 1 heterocycles. The van der Waals surface area contributed by atoms with Gasteiger partial charge in [0, 0.05) is 18.1 Å². The zero-order valence-corrected chi connectivity index (χ0v) is 25.0. The average molecular weight is 583 g/mol. The van der Waals surface area contributed by atoms with Gasteiger partial charge in [-0.05, 0) is 62.2 Å². The van der Waals surface area contributed by atoms with Gasteiger partial charge in [-0.25, -0.2) is 8.42 Å². The van der Waals surface area contributed by atoms with E-state index in [1.165, 1.54) is 32.4 Å². The van der Waals surface area contributed by atoms with Crippen LogP contribution in [-0.4, -0.2) is 47.3 Å². The minimum atomic E-state index is -4.19. The summed E-state index contributed by atoms with van der Waals surface area (Å²) < 4.78 is 51.7. The molecule has 1 aliphatic heterocycles. The van der Waals surface area contributed by atoms with Gasteiger partial charge in [0.1, 0.15) is 23.6 Å². The number of nitrogens with zero attached hydrogens (tertiary/aromatic N) is 1. The maximum Gasteiger partial charge on any atom is 0.264 e. The number of carbonyl (C=O) groups is 1. The highest BCUT2D eigenvalue weighted by molar-refractivity contribution is 7.92. The molecular formula is C31H38N2O7S. The van der Waals surface area contributed by atoms with Gasteiger partial charge in [-0.15, -0.1) is 0 Å². The Morgan fingerprint density at radius 1 is 0.976 bits per heavy atom. The van der Waals surface area contributed by atoms with E-state index in [0.717, 1.165) is 28.5 Å². The summed E-state index contributed by atoms with van der Waals surface area (Å²) >= 11 is 0. The van der Waals surface area contributed by atoms with E-state index < -0.39 is 28.1 Å². The molecular weight excluding hydrogens is 544 g/mol. The molecule has 0 saturated carbocycles. The van der Waals surface area contributed by atoms with Gasteiger partial charge in [-0.1, -0.05) is 32.0 Å². The molecule has 9 nitrogen and oxygen atoms in total. The van der Waals surface area contributed by atoms with Gasteiger partial charge in [-0.2, -0.15) is 0 Å². The van der Waals surface area contributed by atoms with Gasteiger partial charge in [0.25, 0.3) is 10.0 Å². The summed E-state index contributed by atoms with van der Waals surface area (Å²) in [5.74, 6) is 1.54. The van der Waals surface area contributed by atoms with Crippen LogP contribution in [-0.2, 0) is 14.8 Å². The molecule has 1 N–H and O–H groups in total. The second-order valence-corrected chi connectivity index (χ2v) is 11.7. The number of sulfonamides is 1. The van der Waals surface area contributed by atoms with Crippen molar-refractivity contribution in [2.24, 2.45) is 0 Å². The minimum absolute atomic E-state index is 0.0378. The molecule has 0 aliphatic carbocycles. The van der Waals surface area contributed by atoms with Gasteiger partial charge in [-0.3, -0.25) is 9.10 Å². The Balaban J connectivity index is 1.68. The van der Waals surface area contributed by atoms with Crippen molar-refractivity contribution in [1.82, 2.24) is 5.32 Å². The van der Waals surface area contributed by atoms with Gasteiger partial charge >= 0.3 is 0 Å². The van der Waals surface area contributed by atoms with E-state index in [0.29, 0.717) is 30.2 Å². The topological polar surface area (TPSA) is 103 Å². The number of rotatable bonds is 12. The molecule has 0 fully saturated rings. The Morgan fingerprint density at radius 2 is 1.66 bits per heavy atom. The lowest BCUT2D eigenvalue weighted by molar-refractivity contribution is -0.121. The number of ether oxygens (including phenoxy) is 4. The van der Waals surface area contributed by atoms with Crippen molar-refractivity contribution in [2.75, 3.05) is 31.7 Å². The van der Waals surface area contributed by atoms with E-state index in [2.05, 4.69) is 19.2 Å². The molecule has 3 aromatic carbocycles. The predicted octanol–water partition coefficient (Wildman–Crippen LogP) is 5.50. The van der Waals surface area contributed by atoms with E-state index in [9.17, 15) is 13.2 Å². The lowest BCUT2D eigenvalue weighted by atomic mass is 9.83. The van der Waals surface area contributed by atoms with Crippen LogP contribution in [0, 0.1) is 0 Å². The lowest BCUT2D eigenvalue weighted by Crippen LogP contribution is -2.47. The molecule has 0 radical (unpaired) electrons. The van der Waals surface area contributed by atoms with Crippen LogP contribution in [0.4, 0.5) is 5.69 Å². The quantitative estimate of drug-likeness (QED) is 0.301. The third-order valence-corrected chi connectivity index (χ3v) is 9.26. The zero-order chi connectivity index (χ0) is 29.6. The number of hydrogen-bond acceptors (Lipinski definition) is 7. The first-order valence-electron chi connectivity index (χ1n) is 13.7.